The Bertz CT molecular complexity index is 1750. The van der Waals surface area contributed by atoms with E-state index >= 15 is 0 Å². The van der Waals surface area contributed by atoms with Gasteiger partial charge in [-0.05, 0) is 61.5 Å². The summed E-state index contributed by atoms with van der Waals surface area (Å²) in [7, 11) is 0. The number of Topliss-reactive ketones (excluding diaryl/α,β-unsaturated/α-hetero) is 4. The maximum absolute atomic E-state index is 14.8. The number of carbonyl (C=O) groups is 6. The highest BCUT2D eigenvalue weighted by Crippen LogP contribution is 2.37. The second-order valence-corrected chi connectivity index (χ2v) is 16.9. The van der Waals surface area contributed by atoms with Gasteiger partial charge >= 0.3 is 0 Å². The van der Waals surface area contributed by atoms with Crippen molar-refractivity contribution in [2.75, 3.05) is 6.54 Å². The molecule has 56 heavy (non-hydrogen) atoms. The monoisotopic (exact) mass is 773 g/mol. The molecule has 0 bridgehead atoms. The van der Waals surface area contributed by atoms with Gasteiger partial charge in [-0.2, -0.15) is 0 Å². The molecule has 1 N–H and O–H groups in total. The van der Waals surface area contributed by atoms with Gasteiger partial charge in [-0.1, -0.05) is 53.4 Å². The van der Waals surface area contributed by atoms with E-state index in [1.165, 1.54) is 47.8 Å². The second kappa shape index (κ2) is 18.8. The van der Waals surface area contributed by atoms with E-state index in [0.717, 1.165) is 44.9 Å². The van der Waals surface area contributed by atoms with Crippen LogP contribution in [0.3, 0.4) is 0 Å². The smallest absolute Gasteiger partial charge is 0.272 e. The summed E-state index contributed by atoms with van der Waals surface area (Å²) < 4.78 is 6.19. The van der Waals surface area contributed by atoms with Crippen LogP contribution >= 0.6 is 0 Å². The number of hydrogen-bond acceptors (Lipinski definition) is 11. The molecule has 5 atom stereocenters. The van der Waals surface area contributed by atoms with Crippen molar-refractivity contribution < 1.29 is 38.4 Å². The number of rotatable bonds is 19. The van der Waals surface area contributed by atoms with Gasteiger partial charge in [-0.25, -0.2) is 4.98 Å². The number of nitro benzene ring substituents is 1. The molecule has 1 saturated heterocycles. The Hall–Kier alpha value is -4.88. The molecule has 3 aliphatic rings. The zero-order chi connectivity index (χ0) is 40.6. The molecule has 0 unspecified atom stereocenters. The van der Waals surface area contributed by atoms with Crippen LogP contribution in [0.25, 0.3) is 0 Å². The molecule has 5 rings (SSSR count). The summed E-state index contributed by atoms with van der Waals surface area (Å²) in [6, 6.07) is 3.68. The molecule has 2 saturated carbocycles. The molecule has 2 aliphatic carbocycles. The molecule has 1 aromatic carbocycles. The minimum atomic E-state index is -0.998. The number of non-ortho nitro benzene ring substituents is 1. The van der Waals surface area contributed by atoms with E-state index in [4.69, 9.17) is 4.74 Å². The standard InChI is InChI=1S/C42H55N5O9/c1-5-9-28(39(51)37(50)20-26-12-13-26)21-35(48)34-22-31(56-30-16-14-29(15-17-30)47(54)55)25-46(34)41(53)32(42(2,3)4)23-36(49)38(27-10-7-6-8-11-27)45-40(52)33-24-43-18-19-44-33/h14-19,24,26-28,31-32,34,38H,5-13,20-23,25H2,1-4H3,(H,45,52)/t28-,31-,32-,34+,38+/m1/s1. The summed E-state index contributed by atoms with van der Waals surface area (Å²) in [5, 5.41) is 14.1. The first-order valence-electron chi connectivity index (χ1n) is 20.1. The van der Waals surface area contributed by atoms with Crippen molar-refractivity contribution in [3.8, 4) is 5.75 Å². The van der Waals surface area contributed by atoms with Crippen molar-refractivity contribution in [2.24, 2.45) is 29.1 Å². The number of benzene rings is 1. The molecule has 302 valence electrons. The van der Waals surface area contributed by atoms with E-state index < -0.39 is 63.7 Å². The third-order valence-corrected chi connectivity index (χ3v) is 11.5. The Morgan fingerprint density at radius 2 is 1.68 bits per heavy atom. The number of ether oxygens (including phenoxy) is 1. The van der Waals surface area contributed by atoms with Gasteiger partial charge < -0.3 is 15.0 Å². The Balaban J connectivity index is 1.40. The molecule has 1 aromatic heterocycles. The number of hydrogen-bond donors (Lipinski definition) is 1. The van der Waals surface area contributed by atoms with Gasteiger partial charge in [0.15, 0.2) is 17.3 Å². The zero-order valence-electron chi connectivity index (χ0n) is 32.9. The number of likely N-dealkylation sites (tertiary alicyclic amines) is 1. The molecule has 14 nitrogen and oxygen atoms in total. The van der Waals surface area contributed by atoms with Crippen LogP contribution in [0.15, 0.2) is 42.9 Å². The van der Waals surface area contributed by atoms with E-state index in [2.05, 4.69) is 15.3 Å². The Morgan fingerprint density at radius 3 is 2.27 bits per heavy atom. The first-order chi connectivity index (χ1) is 26.7. The fraction of sp³-hybridized carbons (Fsp3) is 0.619. The highest BCUT2D eigenvalue weighted by Gasteiger charge is 2.47. The van der Waals surface area contributed by atoms with Gasteiger partial charge in [0.1, 0.15) is 17.5 Å². The average Bonchev–Trinajstić information content (AvgIpc) is 3.90. The molecular formula is C42H55N5O9. The lowest BCUT2D eigenvalue weighted by Gasteiger charge is -2.36. The summed E-state index contributed by atoms with van der Waals surface area (Å²) >= 11 is 0. The lowest BCUT2D eigenvalue weighted by Crippen LogP contribution is -2.51. The van der Waals surface area contributed by atoms with Gasteiger partial charge in [0.05, 0.1) is 29.7 Å². The van der Waals surface area contributed by atoms with Crippen LogP contribution in [0.4, 0.5) is 5.69 Å². The van der Waals surface area contributed by atoms with Crippen LogP contribution in [-0.2, 0) is 24.0 Å². The normalized spacial score (nSPS) is 20.4. The largest absolute Gasteiger partial charge is 0.488 e. The predicted molar refractivity (Wildman–Crippen MR) is 205 cm³/mol. The fourth-order valence-corrected chi connectivity index (χ4v) is 8.09. The SMILES string of the molecule is CCC[C@H](CC(=O)[C@@H]1C[C@@H](Oc2ccc([N+](=O)[O-])cc2)CN1C(=O)[C@@H](CC(=O)[C@@H](NC(=O)c1cnccn1)C1CCCCC1)C(C)(C)C)C(=O)C(=O)CC1CC1. The van der Waals surface area contributed by atoms with Crippen molar-refractivity contribution in [3.05, 3.63) is 58.7 Å². The first kappa shape index (κ1) is 42.3. The quantitative estimate of drug-likeness (QED) is 0.0992. The highest BCUT2D eigenvalue weighted by atomic mass is 16.6. The minimum Gasteiger partial charge on any atom is -0.488 e. The number of ketones is 4. The third-order valence-electron chi connectivity index (χ3n) is 11.5. The van der Waals surface area contributed by atoms with E-state index in [1.807, 2.05) is 27.7 Å². The lowest BCUT2D eigenvalue weighted by molar-refractivity contribution is -0.384. The van der Waals surface area contributed by atoms with Crippen molar-refractivity contribution in [3.63, 3.8) is 0 Å². The van der Waals surface area contributed by atoms with Crippen LogP contribution in [0.1, 0.15) is 122 Å². The summed E-state index contributed by atoms with van der Waals surface area (Å²) in [5.41, 5.74) is -0.788. The summed E-state index contributed by atoms with van der Waals surface area (Å²) in [6.45, 7) is 7.45. The van der Waals surface area contributed by atoms with Gasteiger partial charge in [-0.15, -0.1) is 0 Å². The molecule has 0 radical (unpaired) electrons. The molecule has 0 spiro atoms. The fourth-order valence-electron chi connectivity index (χ4n) is 8.09. The maximum atomic E-state index is 14.8. The summed E-state index contributed by atoms with van der Waals surface area (Å²) in [6.07, 6.45) is 10.5. The molecule has 2 heterocycles. The molecule has 14 heteroatoms. The van der Waals surface area contributed by atoms with Crippen molar-refractivity contribution >= 4 is 40.6 Å². The maximum Gasteiger partial charge on any atom is 0.272 e. The second-order valence-electron chi connectivity index (χ2n) is 16.9. The Kier molecular flexibility index (Phi) is 14.2. The van der Waals surface area contributed by atoms with E-state index in [-0.39, 0.29) is 67.0 Å². The van der Waals surface area contributed by atoms with E-state index in [9.17, 15) is 38.9 Å². The van der Waals surface area contributed by atoms with Crippen LogP contribution in [-0.4, -0.2) is 79.5 Å². The van der Waals surface area contributed by atoms with Crippen LogP contribution in [0, 0.1) is 39.2 Å². The predicted octanol–water partition coefficient (Wildman–Crippen LogP) is 6.05. The summed E-state index contributed by atoms with van der Waals surface area (Å²) in [4.78, 5) is 103. The highest BCUT2D eigenvalue weighted by molar-refractivity contribution is 6.38. The molecule has 2 aromatic rings. The third kappa shape index (κ3) is 11.1. The number of nitro groups is 1. The topological polar surface area (TPSA) is 196 Å². The molecular weight excluding hydrogens is 718 g/mol. The Labute approximate surface area is 328 Å². The Morgan fingerprint density at radius 1 is 0.982 bits per heavy atom. The van der Waals surface area contributed by atoms with Crippen molar-refractivity contribution in [2.45, 2.75) is 129 Å². The summed E-state index contributed by atoms with van der Waals surface area (Å²) in [5.74, 6) is -3.88. The van der Waals surface area contributed by atoms with Crippen LogP contribution < -0.4 is 10.1 Å². The number of nitrogens with zero attached hydrogens (tertiary/aromatic N) is 4. The first-order valence-corrected chi connectivity index (χ1v) is 20.1. The van der Waals surface area contributed by atoms with Gasteiger partial charge in [0, 0.05) is 62.0 Å². The van der Waals surface area contributed by atoms with Gasteiger partial charge in [-0.3, -0.25) is 43.9 Å². The van der Waals surface area contributed by atoms with E-state index in [0.29, 0.717) is 18.6 Å². The molecule has 3 fully saturated rings. The van der Waals surface area contributed by atoms with Gasteiger partial charge in [0.25, 0.3) is 11.6 Å². The van der Waals surface area contributed by atoms with Crippen molar-refractivity contribution in [1.82, 2.24) is 20.2 Å². The lowest BCUT2D eigenvalue weighted by atomic mass is 9.74. The molecule has 2 amide bonds. The number of amides is 2. The van der Waals surface area contributed by atoms with Gasteiger partial charge in [0.2, 0.25) is 11.7 Å². The average molecular weight is 774 g/mol. The van der Waals surface area contributed by atoms with Crippen LogP contribution in [0.2, 0.25) is 0 Å². The number of nitrogens with one attached hydrogen (secondary N) is 1. The van der Waals surface area contributed by atoms with Crippen LogP contribution in [0.5, 0.6) is 5.75 Å². The minimum absolute atomic E-state index is 0.00450. The number of aromatic nitrogens is 2. The van der Waals surface area contributed by atoms with E-state index in [1.54, 1.807) is 0 Å². The number of carbonyl (C=O) groups excluding carboxylic acids is 6. The van der Waals surface area contributed by atoms with Crippen molar-refractivity contribution in [1.29, 1.82) is 0 Å². The molecule has 1 aliphatic heterocycles. The zero-order valence-corrected chi connectivity index (χ0v) is 32.9.